The third-order valence-electron chi connectivity index (χ3n) is 1.30. The second-order valence-corrected chi connectivity index (χ2v) is 2.42. The standard InChI is InChI=1S/C8H9Cl.H3N/c1-2-7-4-3-5-8(9)6-7;/h3-6H,2H2,1H3;1H3. The van der Waals surface area contributed by atoms with E-state index in [2.05, 4.69) is 13.0 Å². The Morgan fingerprint density at radius 3 is 2.50 bits per heavy atom. The highest BCUT2D eigenvalue weighted by Crippen LogP contribution is 2.10. The first-order chi connectivity index (χ1) is 4.33. The lowest BCUT2D eigenvalue weighted by atomic mass is 10.2. The fourth-order valence-electron chi connectivity index (χ4n) is 0.757. The van der Waals surface area contributed by atoms with Gasteiger partial charge in [-0.15, -0.1) is 0 Å². The first-order valence-corrected chi connectivity index (χ1v) is 3.45. The zero-order chi connectivity index (χ0) is 6.69. The van der Waals surface area contributed by atoms with E-state index in [1.54, 1.807) is 0 Å². The fourth-order valence-corrected chi connectivity index (χ4v) is 0.970. The molecule has 1 rings (SSSR count). The first-order valence-electron chi connectivity index (χ1n) is 3.07. The highest BCUT2D eigenvalue weighted by Gasteiger charge is 1.87. The summed E-state index contributed by atoms with van der Waals surface area (Å²) in [6.07, 6.45) is 1.06. The topological polar surface area (TPSA) is 35.0 Å². The Bertz CT molecular complexity index is 198. The molecule has 1 nitrogen and oxygen atoms in total. The molecule has 0 spiro atoms. The molecular weight excluding hydrogens is 146 g/mol. The molecule has 1 aromatic rings. The van der Waals surface area contributed by atoms with Crippen molar-refractivity contribution in [1.29, 1.82) is 0 Å². The number of rotatable bonds is 1. The lowest BCUT2D eigenvalue weighted by Crippen LogP contribution is -1.76. The summed E-state index contributed by atoms with van der Waals surface area (Å²) >= 11 is 5.72. The van der Waals surface area contributed by atoms with Crippen molar-refractivity contribution in [3.05, 3.63) is 34.9 Å². The minimum absolute atomic E-state index is 0. The highest BCUT2D eigenvalue weighted by atomic mass is 35.5. The maximum absolute atomic E-state index is 5.72. The van der Waals surface area contributed by atoms with Crippen molar-refractivity contribution in [1.82, 2.24) is 6.15 Å². The van der Waals surface area contributed by atoms with Crippen LogP contribution in [0.15, 0.2) is 24.3 Å². The van der Waals surface area contributed by atoms with E-state index in [4.69, 9.17) is 11.6 Å². The molecule has 0 atom stereocenters. The Kier molecular flexibility index (Phi) is 4.08. The van der Waals surface area contributed by atoms with E-state index in [1.165, 1.54) is 5.56 Å². The van der Waals surface area contributed by atoms with Gasteiger partial charge in [0.05, 0.1) is 0 Å². The van der Waals surface area contributed by atoms with Crippen LogP contribution in [0.2, 0.25) is 5.02 Å². The minimum Gasteiger partial charge on any atom is -0.344 e. The average Bonchev–Trinajstić information content (AvgIpc) is 1.88. The molecule has 1 aromatic carbocycles. The summed E-state index contributed by atoms with van der Waals surface area (Å²) in [6, 6.07) is 7.93. The van der Waals surface area contributed by atoms with Gasteiger partial charge < -0.3 is 6.15 Å². The van der Waals surface area contributed by atoms with Gasteiger partial charge >= 0.3 is 0 Å². The monoisotopic (exact) mass is 157 g/mol. The SMILES string of the molecule is CCc1cccc(Cl)c1.N. The highest BCUT2D eigenvalue weighted by molar-refractivity contribution is 6.30. The van der Waals surface area contributed by atoms with E-state index in [-0.39, 0.29) is 6.15 Å². The van der Waals surface area contributed by atoms with Crippen LogP contribution in [0.3, 0.4) is 0 Å². The van der Waals surface area contributed by atoms with Crippen LogP contribution in [0.1, 0.15) is 12.5 Å². The number of benzene rings is 1. The van der Waals surface area contributed by atoms with Crippen LogP contribution in [-0.4, -0.2) is 0 Å². The van der Waals surface area contributed by atoms with Gasteiger partial charge in [-0.1, -0.05) is 30.7 Å². The van der Waals surface area contributed by atoms with Crippen molar-refractivity contribution in [2.45, 2.75) is 13.3 Å². The molecule has 56 valence electrons. The van der Waals surface area contributed by atoms with E-state index < -0.39 is 0 Å². The summed E-state index contributed by atoms with van der Waals surface area (Å²) in [5.41, 5.74) is 1.29. The number of hydrogen-bond acceptors (Lipinski definition) is 1. The molecule has 0 fully saturated rings. The summed E-state index contributed by atoms with van der Waals surface area (Å²) < 4.78 is 0. The average molecular weight is 158 g/mol. The van der Waals surface area contributed by atoms with Crippen molar-refractivity contribution in [2.24, 2.45) is 0 Å². The Hall–Kier alpha value is -0.530. The van der Waals surface area contributed by atoms with Crippen molar-refractivity contribution in [3.8, 4) is 0 Å². The van der Waals surface area contributed by atoms with E-state index in [0.29, 0.717) is 0 Å². The molecule has 0 aliphatic heterocycles. The molecule has 0 saturated carbocycles. The molecule has 3 N–H and O–H groups in total. The van der Waals surface area contributed by atoms with E-state index >= 15 is 0 Å². The maximum Gasteiger partial charge on any atom is 0.0408 e. The molecule has 0 amide bonds. The van der Waals surface area contributed by atoms with Crippen molar-refractivity contribution in [2.75, 3.05) is 0 Å². The lowest BCUT2D eigenvalue weighted by Gasteiger charge is -1.93. The van der Waals surface area contributed by atoms with Crippen LogP contribution in [-0.2, 0) is 6.42 Å². The molecule has 0 heterocycles. The summed E-state index contributed by atoms with van der Waals surface area (Å²) in [6.45, 7) is 2.12. The van der Waals surface area contributed by atoms with Crippen LogP contribution >= 0.6 is 11.6 Å². The lowest BCUT2D eigenvalue weighted by molar-refractivity contribution is 1.14. The smallest absolute Gasteiger partial charge is 0.0408 e. The number of halogens is 1. The van der Waals surface area contributed by atoms with E-state index in [9.17, 15) is 0 Å². The molecule has 0 aliphatic carbocycles. The third-order valence-corrected chi connectivity index (χ3v) is 1.53. The Morgan fingerprint density at radius 1 is 1.40 bits per heavy atom. The van der Waals surface area contributed by atoms with Gasteiger partial charge in [-0.2, -0.15) is 0 Å². The Balaban J connectivity index is 0.000000810. The molecular formula is C8H12ClN. The quantitative estimate of drug-likeness (QED) is 0.668. The van der Waals surface area contributed by atoms with Gasteiger partial charge in [-0.25, -0.2) is 0 Å². The van der Waals surface area contributed by atoms with Crippen molar-refractivity contribution in [3.63, 3.8) is 0 Å². The van der Waals surface area contributed by atoms with E-state index in [0.717, 1.165) is 11.4 Å². The van der Waals surface area contributed by atoms with Crippen LogP contribution in [0.4, 0.5) is 0 Å². The molecule has 0 radical (unpaired) electrons. The predicted octanol–water partition coefficient (Wildman–Crippen LogP) is 3.06. The van der Waals surface area contributed by atoms with Gasteiger partial charge in [0.25, 0.3) is 0 Å². The van der Waals surface area contributed by atoms with Crippen LogP contribution in [0.25, 0.3) is 0 Å². The van der Waals surface area contributed by atoms with Crippen LogP contribution in [0, 0.1) is 0 Å². The van der Waals surface area contributed by atoms with Crippen molar-refractivity contribution >= 4 is 11.6 Å². The molecule has 0 aliphatic rings. The van der Waals surface area contributed by atoms with Gasteiger partial charge in [0.15, 0.2) is 0 Å². The third kappa shape index (κ3) is 2.38. The zero-order valence-corrected chi connectivity index (χ0v) is 6.86. The molecule has 0 aromatic heterocycles. The molecule has 0 bridgehead atoms. The van der Waals surface area contributed by atoms with Gasteiger partial charge in [-0.3, -0.25) is 0 Å². The largest absolute Gasteiger partial charge is 0.344 e. The molecule has 0 saturated heterocycles. The number of hydrogen-bond donors (Lipinski definition) is 1. The summed E-state index contributed by atoms with van der Waals surface area (Å²) in [5.74, 6) is 0. The van der Waals surface area contributed by atoms with Gasteiger partial charge in [0.2, 0.25) is 0 Å². The van der Waals surface area contributed by atoms with Crippen molar-refractivity contribution < 1.29 is 0 Å². The van der Waals surface area contributed by atoms with Gasteiger partial charge in [0.1, 0.15) is 0 Å². The summed E-state index contributed by atoms with van der Waals surface area (Å²) in [5, 5.41) is 0.828. The number of aryl methyl sites for hydroxylation is 1. The minimum atomic E-state index is 0. The fraction of sp³-hybridized carbons (Fsp3) is 0.250. The second kappa shape index (κ2) is 4.31. The van der Waals surface area contributed by atoms with Gasteiger partial charge in [0, 0.05) is 5.02 Å². The molecule has 10 heavy (non-hydrogen) atoms. The maximum atomic E-state index is 5.72. The Morgan fingerprint density at radius 2 is 2.10 bits per heavy atom. The first kappa shape index (κ1) is 9.47. The summed E-state index contributed by atoms with van der Waals surface area (Å²) in [7, 11) is 0. The molecule has 0 unspecified atom stereocenters. The van der Waals surface area contributed by atoms with Crippen LogP contribution in [0.5, 0.6) is 0 Å². The molecule has 2 heteroatoms. The zero-order valence-electron chi connectivity index (χ0n) is 6.10. The Labute approximate surface area is 66.6 Å². The van der Waals surface area contributed by atoms with E-state index in [1.807, 2.05) is 18.2 Å². The normalized spacial score (nSPS) is 8.60. The van der Waals surface area contributed by atoms with Crippen LogP contribution < -0.4 is 6.15 Å². The summed E-state index contributed by atoms with van der Waals surface area (Å²) in [4.78, 5) is 0. The predicted molar refractivity (Wildman–Crippen MR) is 45.9 cm³/mol. The second-order valence-electron chi connectivity index (χ2n) is 1.98. The van der Waals surface area contributed by atoms with Gasteiger partial charge in [-0.05, 0) is 24.1 Å².